The maximum Gasteiger partial charge on any atom is 0.416 e. The predicted octanol–water partition coefficient (Wildman–Crippen LogP) is 5.54. The fraction of sp³-hybridized carbons (Fsp3) is 0.316. The lowest BCUT2D eigenvalue weighted by Crippen LogP contribution is -2.40. The molecule has 25 heavy (non-hydrogen) atoms. The van der Waals surface area contributed by atoms with E-state index >= 15 is 0 Å². The first-order valence-corrected chi connectivity index (χ1v) is 8.10. The molecular formula is C19H21F3N2O. The molecule has 2 aromatic rings. The molecule has 0 aliphatic rings. The number of amides is 2. The van der Waals surface area contributed by atoms with Crippen molar-refractivity contribution in [3.63, 3.8) is 0 Å². The Bertz CT molecular complexity index is 684. The van der Waals surface area contributed by atoms with Gasteiger partial charge in [-0.05, 0) is 43.2 Å². The summed E-state index contributed by atoms with van der Waals surface area (Å²) in [6.45, 7) is 4.11. The van der Waals surface area contributed by atoms with Crippen molar-refractivity contribution in [2.45, 2.75) is 39.0 Å². The Kier molecular flexibility index (Phi) is 6.07. The summed E-state index contributed by atoms with van der Waals surface area (Å²) < 4.78 is 38.0. The van der Waals surface area contributed by atoms with E-state index in [-0.39, 0.29) is 18.6 Å². The van der Waals surface area contributed by atoms with Crippen molar-refractivity contribution in [1.29, 1.82) is 0 Å². The van der Waals surface area contributed by atoms with Crippen molar-refractivity contribution < 1.29 is 18.0 Å². The molecule has 2 amide bonds. The molecule has 0 aromatic heterocycles. The standard InChI is InChI=1S/C19H21F3N2O/c1-3-14(2)24(18(25)23-17-7-5-4-6-8-17)13-15-9-11-16(12-10-15)19(20,21)22/h4-12,14H,3,13H2,1-2H3,(H,23,25). The van der Waals surface area contributed by atoms with Crippen molar-refractivity contribution in [2.24, 2.45) is 0 Å². The zero-order chi connectivity index (χ0) is 18.4. The van der Waals surface area contributed by atoms with Gasteiger partial charge in [-0.25, -0.2) is 4.79 Å². The van der Waals surface area contributed by atoms with Gasteiger partial charge in [0.2, 0.25) is 0 Å². The minimum absolute atomic E-state index is 0.0500. The Morgan fingerprint density at radius 1 is 1.08 bits per heavy atom. The molecule has 0 heterocycles. The summed E-state index contributed by atoms with van der Waals surface area (Å²) in [6.07, 6.45) is -3.62. The van der Waals surface area contributed by atoms with Crippen LogP contribution in [0.25, 0.3) is 0 Å². The third kappa shape index (κ3) is 5.24. The zero-order valence-electron chi connectivity index (χ0n) is 14.2. The number of hydrogen-bond acceptors (Lipinski definition) is 1. The molecule has 0 saturated heterocycles. The van der Waals surface area contributed by atoms with Gasteiger partial charge in [-0.3, -0.25) is 0 Å². The number of nitrogens with zero attached hydrogens (tertiary/aromatic N) is 1. The van der Waals surface area contributed by atoms with E-state index in [4.69, 9.17) is 0 Å². The van der Waals surface area contributed by atoms with Gasteiger partial charge in [0.1, 0.15) is 0 Å². The van der Waals surface area contributed by atoms with Gasteiger partial charge in [0, 0.05) is 18.3 Å². The molecule has 0 spiro atoms. The van der Waals surface area contributed by atoms with E-state index in [1.807, 2.05) is 32.0 Å². The Labute approximate surface area is 145 Å². The summed E-state index contributed by atoms with van der Waals surface area (Å²) in [5, 5.41) is 2.82. The summed E-state index contributed by atoms with van der Waals surface area (Å²) in [4.78, 5) is 14.2. The van der Waals surface area contributed by atoms with Gasteiger partial charge in [0.25, 0.3) is 0 Å². The highest BCUT2D eigenvalue weighted by Crippen LogP contribution is 2.29. The van der Waals surface area contributed by atoms with Crippen LogP contribution in [0.3, 0.4) is 0 Å². The maximum absolute atomic E-state index is 12.7. The van der Waals surface area contributed by atoms with E-state index in [9.17, 15) is 18.0 Å². The summed E-state index contributed by atoms with van der Waals surface area (Å²) in [6, 6.07) is 13.6. The molecule has 1 atom stereocenters. The molecule has 2 rings (SSSR count). The molecule has 2 aromatic carbocycles. The fourth-order valence-corrected chi connectivity index (χ4v) is 2.36. The smallest absolute Gasteiger partial charge is 0.318 e. The quantitative estimate of drug-likeness (QED) is 0.755. The van der Waals surface area contributed by atoms with E-state index in [1.165, 1.54) is 12.1 Å². The number of para-hydroxylation sites is 1. The molecule has 3 nitrogen and oxygen atoms in total. The highest BCUT2D eigenvalue weighted by atomic mass is 19.4. The minimum Gasteiger partial charge on any atom is -0.318 e. The number of urea groups is 1. The molecule has 0 bridgehead atoms. The van der Waals surface area contributed by atoms with Crippen molar-refractivity contribution in [1.82, 2.24) is 4.90 Å². The number of nitrogens with one attached hydrogen (secondary N) is 1. The fourth-order valence-electron chi connectivity index (χ4n) is 2.36. The topological polar surface area (TPSA) is 32.3 Å². The monoisotopic (exact) mass is 350 g/mol. The van der Waals surface area contributed by atoms with Crippen LogP contribution in [0, 0.1) is 0 Å². The molecule has 0 aliphatic carbocycles. The maximum atomic E-state index is 12.7. The van der Waals surface area contributed by atoms with Gasteiger partial charge < -0.3 is 10.2 Å². The molecule has 134 valence electrons. The molecule has 0 radical (unpaired) electrons. The number of rotatable bonds is 5. The van der Waals surface area contributed by atoms with Crippen molar-refractivity contribution in [2.75, 3.05) is 5.32 Å². The molecule has 0 fully saturated rings. The second kappa shape index (κ2) is 8.05. The zero-order valence-corrected chi connectivity index (χ0v) is 14.2. The number of halogens is 3. The van der Waals surface area contributed by atoms with E-state index in [2.05, 4.69) is 5.32 Å². The van der Waals surface area contributed by atoms with Crippen LogP contribution < -0.4 is 5.32 Å². The van der Waals surface area contributed by atoms with Gasteiger partial charge in [0.15, 0.2) is 0 Å². The third-order valence-electron chi connectivity index (χ3n) is 4.04. The van der Waals surface area contributed by atoms with Crippen LogP contribution >= 0.6 is 0 Å². The second-order valence-electron chi connectivity index (χ2n) is 5.88. The minimum atomic E-state index is -4.36. The summed E-state index contributed by atoms with van der Waals surface area (Å²) >= 11 is 0. The van der Waals surface area contributed by atoms with Gasteiger partial charge in [-0.2, -0.15) is 13.2 Å². The van der Waals surface area contributed by atoms with E-state index in [0.717, 1.165) is 18.6 Å². The van der Waals surface area contributed by atoms with Crippen molar-refractivity contribution in [3.05, 3.63) is 65.7 Å². The second-order valence-corrected chi connectivity index (χ2v) is 5.88. The number of alkyl halides is 3. The average molecular weight is 350 g/mol. The lowest BCUT2D eigenvalue weighted by molar-refractivity contribution is -0.137. The largest absolute Gasteiger partial charge is 0.416 e. The predicted molar refractivity (Wildman–Crippen MR) is 92.2 cm³/mol. The van der Waals surface area contributed by atoms with E-state index < -0.39 is 11.7 Å². The Morgan fingerprint density at radius 2 is 1.68 bits per heavy atom. The molecule has 0 saturated carbocycles. The van der Waals surface area contributed by atoms with Crippen LogP contribution in [0.1, 0.15) is 31.4 Å². The first kappa shape index (κ1) is 18.8. The SMILES string of the molecule is CCC(C)N(Cc1ccc(C(F)(F)F)cc1)C(=O)Nc1ccccc1. The van der Waals surface area contributed by atoms with Crippen LogP contribution in [-0.4, -0.2) is 17.0 Å². The Balaban J connectivity index is 2.13. The van der Waals surface area contributed by atoms with Crippen LogP contribution in [-0.2, 0) is 12.7 Å². The first-order chi connectivity index (χ1) is 11.8. The molecule has 0 aliphatic heterocycles. The van der Waals surface area contributed by atoms with Crippen LogP contribution in [0.2, 0.25) is 0 Å². The lowest BCUT2D eigenvalue weighted by Gasteiger charge is -2.29. The summed E-state index contributed by atoms with van der Waals surface area (Å²) in [5.74, 6) is 0. The molecular weight excluding hydrogens is 329 g/mol. The van der Waals surface area contributed by atoms with E-state index in [0.29, 0.717) is 11.3 Å². The molecule has 1 N–H and O–H groups in total. The first-order valence-electron chi connectivity index (χ1n) is 8.10. The average Bonchev–Trinajstić information content (AvgIpc) is 2.59. The lowest BCUT2D eigenvalue weighted by atomic mass is 10.1. The van der Waals surface area contributed by atoms with Crippen molar-refractivity contribution >= 4 is 11.7 Å². The molecule has 1 unspecified atom stereocenters. The molecule has 6 heteroatoms. The Morgan fingerprint density at radius 3 is 2.20 bits per heavy atom. The number of carbonyl (C=O) groups is 1. The number of benzene rings is 2. The van der Waals surface area contributed by atoms with Gasteiger partial charge in [-0.15, -0.1) is 0 Å². The van der Waals surface area contributed by atoms with Crippen LogP contribution in [0.4, 0.5) is 23.7 Å². The summed E-state index contributed by atoms with van der Waals surface area (Å²) in [5.41, 5.74) is 0.629. The summed E-state index contributed by atoms with van der Waals surface area (Å²) in [7, 11) is 0. The highest BCUT2D eigenvalue weighted by molar-refractivity contribution is 5.89. The van der Waals surface area contributed by atoms with Gasteiger partial charge in [-0.1, -0.05) is 37.3 Å². The number of carbonyl (C=O) groups excluding carboxylic acids is 1. The Hall–Kier alpha value is -2.50. The van der Waals surface area contributed by atoms with Crippen molar-refractivity contribution in [3.8, 4) is 0 Å². The van der Waals surface area contributed by atoms with Crippen LogP contribution in [0.5, 0.6) is 0 Å². The number of anilines is 1. The number of hydrogen-bond donors (Lipinski definition) is 1. The van der Waals surface area contributed by atoms with E-state index in [1.54, 1.807) is 17.0 Å². The third-order valence-corrected chi connectivity index (χ3v) is 4.04. The normalized spacial score (nSPS) is 12.5. The van der Waals surface area contributed by atoms with Gasteiger partial charge in [0.05, 0.1) is 5.56 Å². The van der Waals surface area contributed by atoms with Crippen LogP contribution in [0.15, 0.2) is 54.6 Å². The van der Waals surface area contributed by atoms with Gasteiger partial charge >= 0.3 is 12.2 Å². The highest BCUT2D eigenvalue weighted by Gasteiger charge is 2.30.